The molecule has 3 rings (SSSR count). The highest BCUT2D eigenvalue weighted by molar-refractivity contribution is 14.0. The van der Waals surface area contributed by atoms with E-state index in [0.29, 0.717) is 37.3 Å². The zero-order valence-corrected chi connectivity index (χ0v) is 20.2. The van der Waals surface area contributed by atoms with Crippen LogP contribution in [0, 0.1) is 0 Å². The Bertz CT molecular complexity index is 960. The first-order valence-electron chi connectivity index (χ1n) is 9.88. The van der Waals surface area contributed by atoms with Crippen LogP contribution in [-0.4, -0.2) is 38.9 Å². The van der Waals surface area contributed by atoms with E-state index in [4.69, 9.17) is 9.47 Å². The largest absolute Gasteiger partial charge is 0.494 e. The minimum absolute atomic E-state index is 0. The third-order valence-electron chi connectivity index (χ3n) is 4.14. The van der Waals surface area contributed by atoms with Crippen LogP contribution >= 0.6 is 24.0 Å². The van der Waals surface area contributed by atoms with E-state index in [1.54, 1.807) is 10.9 Å². The number of aromatic nitrogens is 4. The van der Waals surface area contributed by atoms with E-state index in [-0.39, 0.29) is 24.0 Å². The summed E-state index contributed by atoms with van der Waals surface area (Å²) in [6, 6.07) is 11.3. The predicted molar refractivity (Wildman–Crippen MR) is 130 cm³/mol. The fraction of sp³-hybridized carbons (Fsp3) is 0.333. The van der Waals surface area contributed by atoms with Gasteiger partial charge in [-0.25, -0.2) is 15.0 Å². The monoisotopic (exact) mass is 537 g/mol. The van der Waals surface area contributed by atoms with Crippen molar-refractivity contribution in [2.24, 2.45) is 12.0 Å². The van der Waals surface area contributed by atoms with E-state index in [1.165, 1.54) is 6.33 Å². The first-order valence-corrected chi connectivity index (χ1v) is 9.88. The molecule has 9 nitrogen and oxygen atoms in total. The van der Waals surface area contributed by atoms with Gasteiger partial charge in [-0.3, -0.25) is 4.68 Å². The minimum Gasteiger partial charge on any atom is -0.494 e. The molecule has 0 spiro atoms. The van der Waals surface area contributed by atoms with Gasteiger partial charge in [0.25, 0.3) is 0 Å². The summed E-state index contributed by atoms with van der Waals surface area (Å²) in [5.74, 6) is 3.56. The molecule has 0 unspecified atom stereocenters. The van der Waals surface area contributed by atoms with Crippen LogP contribution in [-0.2, 0) is 20.1 Å². The number of pyridine rings is 1. The Morgan fingerprint density at radius 2 is 1.84 bits per heavy atom. The van der Waals surface area contributed by atoms with Gasteiger partial charge >= 0.3 is 0 Å². The number of aliphatic imine (C=N–C) groups is 1. The molecular formula is C21H28IN7O2. The quantitative estimate of drug-likeness (QED) is 0.246. The lowest BCUT2D eigenvalue weighted by Crippen LogP contribution is -2.37. The van der Waals surface area contributed by atoms with Crippen molar-refractivity contribution in [1.82, 2.24) is 30.4 Å². The topological polar surface area (TPSA) is 98.5 Å². The number of nitrogens with one attached hydrogen (secondary N) is 2. The van der Waals surface area contributed by atoms with Crippen LogP contribution in [0.2, 0.25) is 0 Å². The van der Waals surface area contributed by atoms with Crippen LogP contribution < -0.4 is 20.1 Å². The number of benzene rings is 1. The van der Waals surface area contributed by atoms with Crippen molar-refractivity contribution < 1.29 is 9.47 Å². The van der Waals surface area contributed by atoms with E-state index in [2.05, 4.69) is 30.7 Å². The van der Waals surface area contributed by atoms with Crippen molar-refractivity contribution in [3.63, 3.8) is 0 Å². The number of rotatable bonds is 9. The molecule has 10 heteroatoms. The molecule has 2 heterocycles. The molecule has 2 N–H and O–H groups in total. The predicted octanol–water partition coefficient (Wildman–Crippen LogP) is 3.27. The van der Waals surface area contributed by atoms with Crippen LogP contribution in [0.15, 0.2) is 53.9 Å². The van der Waals surface area contributed by atoms with Crippen LogP contribution in [0.4, 0.5) is 0 Å². The second-order valence-corrected chi connectivity index (χ2v) is 6.36. The molecule has 2 aromatic heterocycles. The van der Waals surface area contributed by atoms with Crippen molar-refractivity contribution in [1.29, 1.82) is 0 Å². The Morgan fingerprint density at radius 3 is 2.52 bits per heavy atom. The molecule has 0 radical (unpaired) electrons. The highest BCUT2D eigenvalue weighted by Crippen LogP contribution is 2.23. The van der Waals surface area contributed by atoms with E-state index in [0.717, 1.165) is 23.7 Å². The molecule has 0 bridgehead atoms. The number of hydrogen-bond donors (Lipinski definition) is 2. The Labute approximate surface area is 199 Å². The number of nitrogens with zero attached hydrogens (tertiary/aromatic N) is 5. The lowest BCUT2D eigenvalue weighted by molar-refractivity contribution is 0.339. The third kappa shape index (κ3) is 7.70. The molecule has 0 atom stereocenters. The summed E-state index contributed by atoms with van der Waals surface area (Å²) < 4.78 is 13.0. The number of guanidine groups is 1. The molecule has 0 aliphatic rings. The summed E-state index contributed by atoms with van der Waals surface area (Å²) in [7, 11) is 1.86. The van der Waals surface area contributed by atoms with Crippen molar-refractivity contribution in [2.45, 2.75) is 26.9 Å². The highest BCUT2D eigenvalue weighted by atomic mass is 127. The standard InChI is InChI=1S/C21H27N7O2.HI/c1-4-22-21(25-14-19-26-15-27-28(19)3)24-13-16-10-11-23-20(12-16)30-18-8-6-17(7-9-18)29-5-2;/h6-12,15H,4-5,13-14H2,1-3H3,(H2,22,24,25);1H. The van der Waals surface area contributed by atoms with Crippen molar-refractivity contribution in [2.75, 3.05) is 13.2 Å². The SMILES string of the molecule is CCNC(=NCc1ccnc(Oc2ccc(OCC)cc2)c1)NCc1ncnn1C.I. The fourth-order valence-electron chi connectivity index (χ4n) is 2.65. The Kier molecular flexibility index (Phi) is 10.0. The van der Waals surface area contributed by atoms with E-state index >= 15 is 0 Å². The number of aryl methyl sites for hydroxylation is 1. The Morgan fingerprint density at radius 1 is 1.06 bits per heavy atom. The molecule has 166 valence electrons. The van der Waals surface area contributed by atoms with Gasteiger partial charge in [0.1, 0.15) is 23.7 Å². The first-order chi connectivity index (χ1) is 14.7. The lowest BCUT2D eigenvalue weighted by Gasteiger charge is -2.11. The zero-order chi connectivity index (χ0) is 21.2. The normalized spacial score (nSPS) is 10.9. The third-order valence-corrected chi connectivity index (χ3v) is 4.14. The molecule has 0 fully saturated rings. The second kappa shape index (κ2) is 12.7. The Hall–Kier alpha value is -2.89. The van der Waals surface area contributed by atoms with Gasteiger partial charge in [-0.1, -0.05) is 0 Å². The summed E-state index contributed by atoms with van der Waals surface area (Å²) in [4.78, 5) is 13.1. The molecule has 1 aromatic carbocycles. The molecule has 0 saturated carbocycles. The van der Waals surface area contributed by atoms with Gasteiger partial charge in [-0.2, -0.15) is 5.10 Å². The first kappa shape index (κ1) is 24.4. The second-order valence-electron chi connectivity index (χ2n) is 6.36. The Balaban J connectivity index is 0.00000341. The number of hydrogen-bond acceptors (Lipinski definition) is 6. The summed E-state index contributed by atoms with van der Waals surface area (Å²) in [6.07, 6.45) is 3.25. The van der Waals surface area contributed by atoms with Gasteiger partial charge in [0.15, 0.2) is 5.96 Å². The van der Waals surface area contributed by atoms with Gasteiger partial charge < -0.3 is 20.1 Å². The average molecular weight is 537 g/mol. The smallest absolute Gasteiger partial charge is 0.219 e. The van der Waals surface area contributed by atoms with Crippen LogP contribution in [0.1, 0.15) is 25.2 Å². The summed E-state index contributed by atoms with van der Waals surface area (Å²) in [5.41, 5.74) is 0.988. The summed E-state index contributed by atoms with van der Waals surface area (Å²) in [5, 5.41) is 10.6. The molecule has 0 saturated heterocycles. The van der Waals surface area contributed by atoms with Gasteiger partial charge in [0, 0.05) is 25.9 Å². The highest BCUT2D eigenvalue weighted by Gasteiger charge is 2.04. The van der Waals surface area contributed by atoms with Crippen LogP contribution in [0.3, 0.4) is 0 Å². The van der Waals surface area contributed by atoms with Crippen LogP contribution in [0.25, 0.3) is 0 Å². The van der Waals surface area contributed by atoms with Crippen molar-refractivity contribution >= 4 is 29.9 Å². The fourth-order valence-corrected chi connectivity index (χ4v) is 2.65. The molecule has 0 aliphatic carbocycles. The van der Waals surface area contributed by atoms with E-state index in [1.807, 2.05) is 57.3 Å². The lowest BCUT2D eigenvalue weighted by atomic mass is 10.2. The molecule has 3 aromatic rings. The maximum Gasteiger partial charge on any atom is 0.219 e. The molecule has 0 aliphatic heterocycles. The maximum atomic E-state index is 5.85. The van der Waals surface area contributed by atoms with Gasteiger partial charge in [0.2, 0.25) is 5.88 Å². The zero-order valence-electron chi connectivity index (χ0n) is 17.9. The minimum atomic E-state index is 0. The van der Waals surface area contributed by atoms with E-state index in [9.17, 15) is 0 Å². The summed E-state index contributed by atoms with van der Waals surface area (Å²) in [6.45, 7) is 6.38. The molecule has 0 amide bonds. The number of ether oxygens (including phenoxy) is 2. The van der Waals surface area contributed by atoms with Gasteiger partial charge in [0.05, 0.1) is 19.7 Å². The van der Waals surface area contributed by atoms with E-state index < -0.39 is 0 Å². The van der Waals surface area contributed by atoms with Gasteiger partial charge in [-0.15, -0.1) is 24.0 Å². The maximum absolute atomic E-state index is 5.85. The summed E-state index contributed by atoms with van der Waals surface area (Å²) >= 11 is 0. The van der Waals surface area contributed by atoms with Crippen molar-refractivity contribution in [3.05, 3.63) is 60.3 Å². The number of halogens is 1. The van der Waals surface area contributed by atoms with Gasteiger partial charge in [-0.05, 0) is 49.7 Å². The van der Waals surface area contributed by atoms with Crippen molar-refractivity contribution in [3.8, 4) is 17.4 Å². The molecular weight excluding hydrogens is 509 g/mol. The average Bonchev–Trinajstić information content (AvgIpc) is 3.17. The van der Waals surface area contributed by atoms with Crippen LogP contribution in [0.5, 0.6) is 17.4 Å². The molecule has 31 heavy (non-hydrogen) atoms.